The van der Waals surface area contributed by atoms with Crippen LogP contribution >= 0.6 is 0 Å². The Balaban J connectivity index is 0.000000118. The minimum atomic E-state index is 1.12. The van der Waals surface area contributed by atoms with Crippen LogP contribution in [0.25, 0.3) is 97.3 Å². The Hall–Kier alpha value is -15.5. The highest BCUT2D eigenvalue weighted by Crippen LogP contribution is 2.48. The third kappa shape index (κ3) is 14.9. The van der Waals surface area contributed by atoms with Gasteiger partial charge < -0.3 is 29.4 Å². The van der Waals surface area contributed by atoms with Crippen molar-refractivity contribution in [3.8, 4) is 11.1 Å². The molecule has 21 aromatic carbocycles. The summed E-state index contributed by atoms with van der Waals surface area (Å²) >= 11 is 0. The van der Waals surface area contributed by atoms with Crippen LogP contribution in [-0.2, 0) is 0 Å². The van der Waals surface area contributed by atoms with Gasteiger partial charge in [0.2, 0.25) is 0 Å². The minimum absolute atomic E-state index is 1.12. The summed E-state index contributed by atoms with van der Waals surface area (Å²) in [4.78, 5) is 13.9. The van der Waals surface area contributed by atoms with E-state index in [2.05, 4.69) is 518 Å². The predicted octanol–water partition coefficient (Wildman–Crippen LogP) is 31.7. The number of hydrogen-bond acceptors (Lipinski definition) is 6. The van der Waals surface area contributed by atoms with Crippen LogP contribution in [0.2, 0.25) is 0 Å². The molecule has 21 rings (SSSR count). The van der Waals surface area contributed by atoms with E-state index in [1.807, 2.05) is 0 Å². The van der Waals surface area contributed by atoms with Crippen LogP contribution in [0.5, 0.6) is 0 Å². The molecule has 0 saturated heterocycles. The van der Waals surface area contributed by atoms with Crippen LogP contribution in [0, 0.1) is 0 Å². The smallest absolute Gasteiger partial charge is 0.0540 e. The van der Waals surface area contributed by atoms with Crippen molar-refractivity contribution in [1.82, 2.24) is 0 Å². The second-order valence-electron chi connectivity index (χ2n) is 30.2. The summed E-state index contributed by atoms with van der Waals surface area (Å²) in [5.41, 5.74) is 19.7. The third-order valence-electron chi connectivity index (χ3n) is 23.1. The average molecular weight is 1530 g/mol. The van der Waals surface area contributed by atoms with E-state index in [-0.39, 0.29) is 0 Å². The molecule has 0 aliphatic rings. The molecule has 119 heavy (non-hydrogen) atoms. The lowest BCUT2D eigenvalue weighted by Crippen LogP contribution is -2.12. The second-order valence-corrected chi connectivity index (χ2v) is 30.2. The molecule has 21 aromatic rings. The maximum atomic E-state index is 2.40. The van der Waals surface area contributed by atoms with Gasteiger partial charge in [-0.3, -0.25) is 0 Å². The molecule has 0 radical (unpaired) electrons. The van der Waals surface area contributed by atoms with E-state index in [1.165, 1.54) is 131 Å². The van der Waals surface area contributed by atoms with E-state index >= 15 is 0 Å². The monoisotopic (exact) mass is 1530 g/mol. The third-order valence-corrected chi connectivity index (χ3v) is 23.1. The van der Waals surface area contributed by atoms with Crippen molar-refractivity contribution >= 4 is 171 Å². The molecule has 0 bridgehead atoms. The Kier molecular flexibility index (Phi) is 20.5. The molecule has 0 atom stereocenters. The minimum Gasteiger partial charge on any atom is -0.345 e. The van der Waals surface area contributed by atoms with E-state index < -0.39 is 0 Å². The van der Waals surface area contributed by atoms with E-state index in [4.69, 9.17) is 0 Å². The van der Waals surface area contributed by atoms with Crippen LogP contribution in [0.15, 0.2) is 467 Å². The first-order chi connectivity index (χ1) is 58.8. The Bertz CT molecular complexity index is 6910. The van der Waals surface area contributed by atoms with Gasteiger partial charge in [0.15, 0.2) is 0 Å². The number of rotatable bonds is 16. The summed E-state index contributed by atoms with van der Waals surface area (Å²) in [6.07, 6.45) is 0. The van der Waals surface area contributed by atoms with Crippen LogP contribution in [0.4, 0.5) is 85.3 Å². The molecular weight excluding hydrogens is 1440 g/mol. The van der Waals surface area contributed by atoms with Gasteiger partial charge in [0.1, 0.15) is 0 Å². The van der Waals surface area contributed by atoms with E-state index in [9.17, 15) is 0 Å². The second kappa shape index (κ2) is 33.1. The number of fused-ring (bicyclic) bond motifs is 8. The van der Waals surface area contributed by atoms with Crippen molar-refractivity contribution in [2.24, 2.45) is 0 Å². The molecule has 6 nitrogen and oxygen atoms in total. The Labute approximate surface area is 695 Å². The largest absolute Gasteiger partial charge is 0.345 e. The van der Waals surface area contributed by atoms with Crippen molar-refractivity contribution in [1.29, 1.82) is 0 Å². The number of anilines is 15. The Morgan fingerprint density at radius 3 is 0.639 bits per heavy atom. The van der Waals surface area contributed by atoms with Gasteiger partial charge in [-0.05, 0) is 199 Å². The molecule has 0 unspecified atom stereocenters. The van der Waals surface area contributed by atoms with Crippen molar-refractivity contribution < 1.29 is 0 Å². The summed E-state index contributed by atoms with van der Waals surface area (Å²) in [6.45, 7) is 0. The summed E-state index contributed by atoms with van der Waals surface area (Å²) in [7, 11) is 6.40. The molecule has 0 aliphatic heterocycles. The SMILES string of the molecule is CN(c1ccc(-c2ccccc2)cc1)c1ccc(N(c2cccc3ccccc23)c2cccc3ccccc23)cc1.CN(c1ccc(N(c2cccc3ccccc23)c2cccc3ccccc23)cc1)c1ccc2ccccc2c1.CN(c1ccc(N(c2cccc3ccccc23)c2cccc3ccccc23)cc1)c1cccc2ccccc12. The quantitative estimate of drug-likeness (QED) is 0.0953. The highest BCUT2D eigenvalue weighted by Gasteiger charge is 2.23. The molecule has 0 spiro atoms. The molecule has 0 amide bonds. The molecule has 0 aliphatic carbocycles. The maximum absolute atomic E-state index is 2.40. The lowest BCUT2D eigenvalue weighted by atomic mass is 10.0. The highest BCUT2D eigenvalue weighted by molar-refractivity contribution is 6.09. The number of benzene rings is 21. The van der Waals surface area contributed by atoms with Crippen molar-refractivity contribution in [3.63, 3.8) is 0 Å². The first kappa shape index (κ1) is 73.7. The van der Waals surface area contributed by atoms with Crippen LogP contribution in [-0.4, -0.2) is 21.1 Å². The zero-order valence-corrected chi connectivity index (χ0v) is 66.6. The van der Waals surface area contributed by atoms with Gasteiger partial charge >= 0.3 is 0 Å². The normalized spacial score (nSPS) is 11.2. The first-order valence-corrected chi connectivity index (χ1v) is 40.7. The molecule has 0 heterocycles. The van der Waals surface area contributed by atoms with Gasteiger partial charge in [0.25, 0.3) is 0 Å². The average Bonchev–Trinajstić information content (AvgIpc) is 0.771. The van der Waals surface area contributed by atoms with Gasteiger partial charge in [-0.2, -0.15) is 0 Å². The highest BCUT2D eigenvalue weighted by atomic mass is 15.2. The van der Waals surface area contributed by atoms with E-state index in [0.29, 0.717) is 0 Å². The molecule has 0 aromatic heterocycles. The fourth-order valence-electron chi connectivity index (χ4n) is 17.0. The lowest BCUT2D eigenvalue weighted by molar-refractivity contribution is 1.20. The number of hydrogen-bond donors (Lipinski definition) is 0. The molecule has 568 valence electrons. The fourth-order valence-corrected chi connectivity index (χ4v) is 17.0. The lowest BCUT2D eigenvalue weighted by Gasteiger charge is -2.29. The topological polar surface area (TPSA) is 19.4 Å². The summed E-state index contributed by atoms with van der Waals surface area (Å²) in [5.74, 6) is 0. The first-order valence-electron chi connectivity index (χ1n) is 40.7. The summed E-state index contributed by atoms with van der Waals surface area (Å²) in [5, 5.41) is 19.7. The molecule has 6 heteroatoms. The van der Waals surface area contributed by atoms with Gasteiger partial charge in [-0.15, -0.1) is 0 Å². The standard InChI is InChI=1S/C39H30N2.2C37H28N2/c1-40(33-23-21-30(22-24-33)29-11-3-2-4-12-29)34-25-27-35(28-26-34)41(38-19-9-15-31-13-5-7-17-36(31)38)39-20-10-16-32-14-6-8-18-37(32)39;1-38(35-20-8-14-27-11-2-5-17-32(27)35)30-23-25-31(26-24-30)39(36-21-9-15-28-12-3-6-18-33(28)36)37-22-10-16-29-13-4-7-19-34(29)37;1-38(33-21-20-27-10-2-3-13-30(27)26-33)31-22-24-32(25-23-31)39(36-18-8-14-28-11-4-6-16-34(28)36)37-19-9-15-29-12-5-7-17-35(29)37/h2-28H,1H3;2*2-26H,1H3. The maximum Gasteiger partial charge on any atom is 0.0540 e. The zero-order valence-electron chi connectivity index (χ0n) is 66.6. The zero-order chi connectivity index (χ0) is 80.0. The fraction of sp³-hybridized carbons (Fsp3) is 0.0265. The van der Waals surface area contributed by atoms with Gasteiger partial charge in [-0.1, -0.05) is 328 Å². The molecule has 0 saturated carbocycles. The predicted molar refractivity (Wildman–Crippen MR) is 512 cm³/mol. The van der Waals surface area contributed by atoms with Crippen LogP contribution < -0.4 is 29.4 Å². The Morgan fingerprint density at radius 2 is 0.328 bits per heavy atom. The molecule has 0 fully saturated rings. The van der Waals surface area contributed by atoms with Gasteiger partial charge in [0, 0.05) is 110 Å². The van der Waals surface area contributed by atoms with E-state index in [0.717, 1.165) is 51.2 Å². The summed E-state index contributed by atoms with van der Waals surface area (Å²) in [6, 6.07) is 167. The van der Waals surface area contributed by atoms with Gasteiger partial charge in [-0.25, -0.2) is 0 Å². The van der Waals surface area contributed by atoms with Crippen molar-refractivity contribution in [3.05, 3.63) is 467 Å². The Morgan fingerprint density at radius 1 is 0.126 bits per heavy atom. The van der Waals surface area contributed by atoms with Gasteiger partial charge in [0.05, 0.1) is 34.1 Å². The van der Waals surface area contributed by atoms with Crippen molar-refractivity contribution in [2.45, 2.75) is 0 Å². The summed E-state index contributed by atoms with van der Waals surface area (Å²) < 4.78 is 0. The van der Waals surface area contributed by atoms with E-state index in [1.54, 1.807) is 0 Å². The number of nitrogens with zero attached hydrogens (tertiary/aromatic N) is 6. The molecular formula is C113H86N6. The molecule has 0 N–H and O–H groups in total. The van der Waals surface area contributed by atoms with Crippen LogP contribution in [0.3, 0.4) is 0 Å². The van der Waals surface area contributed by atoms with Crippen molar-refractivity contribution in [2.75, 3.05) is 50.5 Å². The van der Waals surface area contributed by atoms with Crippen LogP contribution in [0.1, 0.15) is 0 Å².